The fraction of sp³-hybridized carbons (Fsp3) is 0.423. The summed E-state index contributed by atoms with van der Waals surface area (Å²) in [4.78, 5) is 0. The number of nitrogens with one attached hydrogen (secondary N) is 1. The van der Waals surface area contributed by atoms with Crippen LogP contribution in [0.3, 0.4) is 0 Å². The van der Waals surface area contributed by atoms with Crippen molar-refractivity contribution in [2.75, 3.05) is 6.61 Å². The maximum atomic E-state index is 10.5. The fourth-order valence-electron chi connectivity index (χ4n) is 4.23. The Morgan fingerprint density at radius 2 is 1.97 bits per heavy atom. The lowest BCUT2D eigenvalue weighted by molar-refractivity contribution is 0.124. The third-order valence-electron chi connectivity index (χ3n) is 5.93. The number of nitrogens with zero attached hydrogens (tertiary/aromatic N) is 2. The summed E-state index contributed by atoms with van der Waals surface area (Å²) in [5, 5.41) is 18.4. The Morgan fingerprint density at radius 3 is 2.76 bits per heavy atom. The first kappa shape index (κ1) is 23.8. The lowest BCUT2D eigenvalue weighted by Crippen LogP contribution is -2.28. The van der Waals surface area contributed by atoms with Crippen LogP contribution in [0.1, 0.15) is 61.4 Å². The van der Waals surface area contributed by atoms with Gasteiger partial charge in [0.05, 0.1) is 18.5 Å². The second-order valence-corrected chi connectivity index (χ2v) is 9.24. The van der Waals surface area contributed by atoms with Gasteiger partial charge < -0.3 is 14.6 Å². The number of ether oxygens (including phenoxy) is 2. The molecular formula is C26H32BrN3O3. The molecule has 1 aliphatic heterocycles. The van der Waals surface area contributed by atoms with Crippen LogP contribution < -0.4 is 14.8 Å². The highest BCUT2D eigenvalue weighted by Crippen LogP contribution is 2.38. The highest BCUT2D eigenvalue weighted by atomic mass is 79.9. The van der Waals surface area contributed by atoms with E-state index in [9.17, 15) is 5.11 Å². The number of hydrogen-bond acceptors (Lipinski definition) is 5. The summed E-state index contributed by atoms with van der Waals surface area (Å²) in [6, 6.07) is 14.2. The van der Waals surface area contributed by atoms with Gasteiger partial charge in [0, 0.05) is 34.6 Å². The number of aliphatic hydroxyl groups is 1. The van der Waals surface area contributed by atoms with Crippen molar-refractivity contribution in [2.24, 2.45) is 0 Å². The molecule has 6 nitrogen and oxygen atoms in total. The van der Waals surface area contributed by atoms with Gasteiger partial charge in [-0.25, -0.2) is 0 Å². The van der Waals surface area contributed by atoms with Gasteiger partial charge in [-0.05, 0) is 43.0 Å². The molecule has 33 heavy (non-hydrogen) atoms. The summed E-state index contributed by atoms with van der Waals surface area (Å²) >= 11 is 3.59. The van der Waals surface area contributed by atoms with Crippen LogP contribution in [0.25, 0.3) is 0 Å². The van der Waals surface area contributed by atoms with E-state index in [0.29, 0.717) is 26.2 Å². The van der Waals surface area contributed by atoms with Crippen molar-refractivity contribution in [3.05, 3.63) is 75.5 Å². The quantitative estimate of drug-likeness (QED) is 0.402. The Bertz CT molecular complexity index is 1070. The van der Waals surface area contributed by atoms with Crippen molar-refractivity contribution in [1.82, 2.24) is 15.1 Å². The van der Waals surface area contributed by atoms with Gasteiger partial charge in [0.15, 0.2) is 11.5 Å². The number of aliphatic hydroxyl groups excluding tert-OH is 1. The standard InChI is InChI=1S/C26H32BrN3O3/c1-3-11-30-23-16-28-26(31)14-20(21(23)15-29-30)18-9-10-24(25(13-18)32-12-4-2)33-17-19-7-5-6-8-22(19)27/h5-10,13,15,20,26,28,31H,3-4,11-12,14,16-17H2,1-2H3. The molecule has 176 valence electrons. The summed E-state index contributed by atoms with van der Waals surface area (Å²) in [7, 11) is 0. The molecule has 3 aromatic rings. The molecule has 0 amide bonds. The first-order valence-electron chi connectivity index (χ1n) is 11.7. The van der Waals surface area contributed by atoms with Crippen LogP contribution >= 0.6 is 15.9 Å². The van der Waals surface area contributed by atoms with Gasteiger partial charge in [-0.3, -0.25) is 10.00 Å². The monoisotopic (exact) mass is 513 g/mol. The molecule has 0 saturated heterocycles. The van der Waals surface area contributed by atoms with Gasteiger partial charge in [-0.2, -0.15) is 5.10 Å². The Morgan fingerprint density at radius 1 is 1.12 bits per heavy atom. The molecule has 7 heteroatoms. The molecule has 0 aliphatic carbocycles. The minimum Gasteiger partial charge on any atom is -0.490 e. The predicted octanol–water partition coefficient (Wildman–Crippen LogP) is 5.37. The third-order valence-corrected chi connectivity index (χ3v) is 6.70. The van der Waals surface area contributed by atoms with Crippen LogP contribution in [0.15, 0.2) is 53.1 Å². The van der Waals surface area contributed by atoms with E-state index in [1.165, 1.54) is 0 Å². The van der Waals surface area contributed by atoms with Gasteiger partial charge in [-0.1, -0.05) is 54.0 Å². The minimum absolute atomic E-state index is 0.0249. The molecule has 0 fully saturated rings. The largest absolute Gasteiger partial charge is 0.490 e. The minimum atomic E-state index is -0.580. The number of benzene rings is 2. The van der Waals surface area contributed by atoms with Gasteiger partial charge >= 0.3 is 0 Å². The Hall–Kier alpha value is -2.35. The van der Waals surface area contributed by atoms with E-state index in [1.807, 2.05) is 36.5 Å². The number of rotatable bonds is 9. The lowest BCUT2D eigenvalue weighted by Gasteiger charge is -2.20. The maximum absolute atomic E-state index is 10.5. The topological polar surface area (TPSA) is 68.5 Å². The molecule has 2 N–H and O–H groups in total. The van der Waals surface area contributed by atoms with Gasteiger partial charge in [0.1, 0.15) is 12.8 Å². The number of aryl methyl sites for hydroxylation is 1. The molecule has 1 aliphatic rings. The van der Waals surface area contributed by atoms with Crippen molar-refractivity contribution < 1.29 is 14.6 Å². The normalized spacial score (nSPS) is 17.9. The maximum Gasteiger partial charge on any atom is 0.161 e. The van der Waals surface area contributed by atoms with E-state index >= 15 is 0 Å². The van der Waals surface area contributed by atoms with E-state index in [-0.39, 0.29) is 5.92 Å². The van der Waals surface area contributed by atoms with Crippen LogP contribution in [0.5, 0.6) is 11.5 Å². The van der Waals surface area contributed by atoms with Crippen molar-refractivity contribution in [3.8, 4) is 11.5 Å². The zero-order valence-electron chi connectivity index (χ0n) is 19.3. The van der Waals surface area contributed by atoms with Crippen molar-refractivity contribution >= 4 is 15.9 Å². The van der Waals surface area contributed by atoms with E-state index in [0.717, 1.165) is 57.7 Å². The molecule has 2 atom stereocenters. The second-order valence-electron chi connectivity index (χ2n) is 8.39. The number of aromatic nitrogens is 2. The van der Waals surface area contributed by atoms with Crippen molar-refractivity contribution in [1.29, 1.82) is 0 Å². The second kappa shape index (κ2) is 11.2. The zero-order chi connectivity index (χ0) is 23.2. The summed E-state index contributed by atoms with van der Waals surface area (Å²) in [5.74, 6) is 1.48. The van der Waals surface area contributed by atoms with Crippen LogP contribution in [0, 0.1) is 0 Å². The molecule has 0 spiro atoms. The third kappa shape index (κ3) is 5.60. The molecule has 2 aromatic carbocycles. The molecular weight excluding hydrogens is 482 g/mol. The van der Waals surface area contributed by atoms with E-state index in [4.69, 9.17) is 9.47 Å². The molecule has 0 radical (unpaired) electrons. The molecule has 0 bridgehead atoms. The molecule has 0 saturated carbocycles. The Labute approximate surface area is 204 Å². The highest BCUT2D eigenvalue weighted by Gasteiger charge is 2.28. The van der Waals surface area contributed by atoms with E-state index in [1.54, 1.807) is 0 Å². The smallest absolute Gasteiger partial charge is 0.161 e. The molecule has 2 heterocycles. The van der Waals surface area contributed by atoms with Crippen molar-refractivity contribution in [2.45, 2.75) is 65.0 Å². The van der Waals surface area contributed by atoms with E-state index < -0.39 is 6.23 Å². The lowest BCUT2D eigenvalue weighted by atomic mass is 9.88. The number of fused-ring (bicyclic) bond motifs is 1. The first-order valence-corrected chi connectivity index (χ1v) is 12.5. The van der Waals surface area contributed by atoms with Crippen molar-refractivity contribution in [3.63, 3.8) is 0 Å². The average Bonchev–Trinajstić information content (AvgIpc) is 3.13. The summed E-state index contributed by atoms with van der Waals surface area (Å²) in [6.07, 6.45) is 3.88. The SMILES string of the molecule is CCCOc1cc(C2CC(O)NCc3c2cnn3CCC)ccc1OCc1ccccc1Br. The summed E-state index contributed by atoms with van der Waals surface area (Å²) < 4.78 is 15.3. The van der Waals surface area contributed by atoms with Crippen LogP contribution in [0.2, 0.25) is 0 Å². The fourth-order valence-corrected chi connectivity index (χ4v) is 4.63. The van der Waals surface area contributed by atoms with Gasteiger partial charge in [0.2, 0.25) is 0 Å². The average molecular weight is 514 g/mol. The highest BCUT2D eigenvalue weighted by molar-refractivity contribution is 9.10. The van der Waals surface area contributed by atoms with E-state index in [2.05, 4.69) is 57.0 Å². The summed E-state index contributed by atoms with van der Waals surface area (Å²) in [5.41, 5.74) is 4.47. The molecule has 1 aromatic heterocycles. The van der Waals surface area contributed by atoms with Crippen LogP contribution in [-0.4, -0.2) is 27.7 Å². The Balaban J connectivity index is 1.64. The predicted molar refractivity (Wildman–Crippen MR) is 133 cm³/mol. The molecule has 4 rings (SSSR count). The summed E-state index contributed by atoms with van der Waals surface area (Å²) in [6.45, 7) is 6.78. The molecule has 2 unspecified atom stereocenters. The Kier molecular flexibility index (Phi) is 8.06. The van der Waals surface area contributed by atoms with Gasteiger partial charge in [0.25, 0.3) is 0 Å². The number of hydrogen-bond donors (Lipinski definition) is 2. The zero-order valence-corrected chi connectivity index (χ0v) is 20.8. The first-order chi connectivity index (χ1) is 16.1. The number of halogens is 1. The van der Waals surface area contributed by atoms with Crippen LogP contribution in [-0.2, 0) is 19.7 Å². The van der Waals surface area contributed by atoms with Gasteiger partial charge in [-0.15, -0.1) is 0 Å². The van der Waals surface area contributed by atoms with Crippen LogP contribution in [0.4, 0.5) is 0 Å².